The molecule has 0 radical (unpaired) electrons. The molecule has 1 aromatic heterocycles. The predicted molar refractivity (Wildman–Crippen MR) is 114 cm³/mol. The Labute approximate surface area is 176 Å². The molecule has 0 saturated heterocycles. The number of pyridine rings is 1. The van der Waals surface area contributed by atoms with Crippen LogP contribution in [0.25, 0.3) is 11.3 Å². The van der Waals surface area contributed by atoms with E-state index in [0.717, 1.165) is 46.7 Å². The van der Waals surface area contributed by atoms with E-state index in [0.29, 0.717) is 26.4 Å². The second-order valence-corrected chi connectivity index (χ2v) is 8.04. The van der Waals surface area contributed by atoms with Crippen LogP contribution < -0.4 is 19.9 Å². The van der Waals surface area contributed by atoms with Crippen LogP contribution in [0, 0.1) is 0 Å². The van der Waals surface area contributed by atoms with Gasteiger partial charge in [0.15, 0.2) is 22.7 Å². The van der Waals surface area contributed by atoms with Crippen molar-refractivity contribution in [2.75, 3.05) is 31.9 Å². The summed E-state index contributed by atoms with van der Waals surface area (Å²) < 4.78 is 19.0. The minimum Gasteiger partial charge on any atom is -0.490 e. The van der Waals surface area contributed by atoms with Crippen molar-refractivity contribution in [3.63, 3.8) is 0 Å². The van der Waals surface area contributed by atoms with Crippen LogP contribution in [0.3, 0.4) is 0 Å². The second kappa shape index (κ2) is 8.14. The van der Waals surface area contributed by atoms with Crippen molar-refractivity contribution in [3.8, 4) is 22.8 Å². The van der Waals surface area contributed by atoms with E-state index in [1.165, 1.54) is 6.92 Å². The number of carbonyl (C=O) groups is 1. The van der Waals surface area contributed by atoms with Crippen LogP contribution >= 0.6 is 0 Å². The molecule has 0 amide bonds. The third-order valence-corrected chi connectivity index (χ3v) is 5.65. The van der Waals surface area contributed by atoms with Gasteiger partial charge in [0.1, 0.15) is 0 Å². The summed E-state index contributed by atoms with van der Waals surface area (Å²) in [6, 6.07) is 3.80. The van der Waals surface area contributed by atoms with Crippen molar-refractivity contribution in [3.05, 3.63) is 45.2 Å². The van der Waals surface area contributed by atoms with Gasteiger partial charge in [-0.2, -0.15) is 0 Å². The van der Waals surface area contributed by atoms with Crippen LogP contribution in [-0.4, -0.2) is 43.4 Å². The van der Waals surface area contributed by atoms with Gasteiger partial charge in [-0.15, -0.1) is 0 Å². The molecule has 7 heteroatoms. The smallest absolute Gasteiger partial charge is 0.193 e. The molecule has 0 atom stereocenters. The fourth-order valence-electron chi connectivity index (χ4n) is 4.21. The van der Waals surface area contributed by atoms with Crippen LogP contribution in [-0.2, 0) is 17.7 Å². The lowest BCUT2D eigenvalue weighted by atomic mass is 9.93. The summed E-state index contributed by atoms with van der Waals surface area (Å²) in [5.74, 6) is 1.29. The fourth-order valence-corrected chi connectivity index (χ4v) is 4.21. The number of Topliss-reactive ketones (excluding diaryl/α,β-unsaturated/α-hetero) is 1. The molecule has 1 aromatic carbocycles. The quantitative estimate of drug-likeness (QED) is 0.514. The molecule has 0 unspecified atom stereocenters. The molecule has 2 aliphatic rings. The average Bonchev–Trinajstić information content (AvgIpc) is 3.19. The topological polar surface area (TPSA) is 70.0 Å². The zero-order valence-electron chi connectivity index (χ0n) is 18.0. The summed E-state index contributed by atoms with van der Waals surface area (Å²) in [5, 5.41) is 2.15. The number of ether oxygens (including phenoxy) is 3. The monoisotopic (exact) mass is 412 g/mol. The molecule has 2 aliphatic heterocycles. The molecule has 2 aromatic rings. The number of ketones is 1. The third-order valence-electron chi connectivity index (χ3n) is 5.65. The molecule has 0 aliphatic carbocycles. The summed E-state index contributed by atoms with van der Waals surface area (Å²) in [6.45, 7) is 8.06. The normalized spacial score (nSPS) is 14.2. The first-order valence-corrected chi connectivity index (χ1v) is 10.4. The Morgan fingerprint density at radius 1 is 1.27 bits per heavy atom. The number of methoxy groups -OCH3 is 1. The molecule has 7 nitrogen and oxygen atoms in total. The highest BCUT2D eigenvalue weighted by Gasteiger charge is 2.32. The lowest BCUT2D eigenvalue weighted by Crippen LogP contribution is -2.44. The van der Waals surface area contributed by atoms with Gasteiger partial charge < -0.3 is 19.2 Å². The first kappa shape index (κ1) is 20.5. The van der Waals surface area contributed by atoms with Crippen LogP contribution in [0.2, 0.25) is 0 Å². The Balaban J connectivity index is 1.86. The van der Waals surface area contributed by atoms with Crippen molar-refractivity contribution in [2.24, 2.45) is 0 Å². The maximum Gasteiger partial charge on any atom is 0.193 e. The van der Waals surface area contributed by atoms with E-state index >= 15 is 0 Å². The standard InChI is InChI=1S/C23H28N2O5/c1-14(2)24-12-16-10-21(29-8-5-7-28-4)23-17(6-9-30-23)22(16)19-11-20(27)18(15(3)26)13-25(19)24/h10-11,13-14H,5-9,12H2,1-4H3. The summed E-state index contributed by atoms with van der Waals surface area (Å²) in [6.07, 6.45) is 3.24. The molecule has 4 rings (SSSR count). The van der Waals surface area contributed by atoms with Gasteiger partial charge in [-0.05, 0) is 32.4 Å². The maximum atomic E-state index is 12.7. The van der Waals surface area contributed by atoms with Crippen LogP contribution in [0.15, 0.2) is 23.1 Å². The van der Waals surface area contributed by atoms with E-state index in [1.54, 1.807) is 19.4 Å². The molecule has 0 saturated carbocycles. The second-order valence-electron chi connectivity index (χ2n) is 8.04. The van der Waals surface area contributed by atoms with E-state index in [-0.39, 0.29) is 22.8 Å². The number of carbonyl (C=O) groups excluding carboxylic acids is 1. The number of rotatable bonds is 7. The van der Waals surface area contributed by atoms with Crippen molar-refractivity contribution in [1.82, 2.24) is 4.68 Å². The number of hydrogen-bond acceptors (Lipinski definition) is 6. The first-order valence-electron chi connectivity index (χ1n) is 10.4. The summed E-state index contributed by atoms with van der Waals surface area (Å²) in [7, 11) is 1.68. The molecule has 3 heterocycles. The summed E-state index contributed by atoms with van der Waals surface area (Å²) >= 11 is 0. The van der Waals surface area contributed by atoms with E-state index < -0.39 is 0 Å². The Morgan fingerprint density at radius 3 is 2.77 bits per heavy atom. The van der Waals surface area contributed by atoms with Gasteiger partial charge in [-0.3, -0.25) is 14.3 Å². The van der Waals surface area contributed by atoms with E-state index in [9.17, 15) is 9.59 Å². The van der Waals surface area contributed by atoms with E-state index in [2.05, 4.69) is 18.9 Å². The van der Waals surface area contributed by atoms with Gasteiger partial charge in [0, 0.05) is 56.0 Å². The lowest BCUT2D eigenvalue weighted by molar-refractivity contribution is 0.101. The SMILES string of the molecule is COCCCOc1cc2c(c3c1OCC3)-c1cc(=O)c(C(C)=O)cn1N(C(C)C)C2. The maximum absolute atomic E-state index is 12.7. The van der Waals surface area contributed by atoms with Gasteiger partial charge in [0.25, 0.3) is 0 Å². The molecule has 0 N–H and O–H groups in total. The van der Waals surface area contributed by atoms with Crippen molar-refractivity contribution < 1.29 is 19.0 Å². The van der Waals surface area contributed by atoms with Crippen LogP contribution in [0.4, 0.5) is 0 Å². The summed E-state index contributed by atoms with van der Waals surface area (Å²) in [5.41, 5.74) is 3.95. The average molecular weight is 412 g/mol. The van der Waals surface area contributed by atoms with Crippen LogP contribution in [0.1, 0.15) is 48.7 Å². The van der Waals surface area contributed by atoms with Gasteiger partial charge in [0.05, 0.1) is 31.0 Å². The molecule has 0 fully saturated rings. The Hall–Kier alpha value is -2.80. The lowest BCUT2D eigenvalue weighted by Gasteiger charge is -2.39. The molecule has 0 bridgehead atoms. The molecular weight excluding hydrogens is 384 g/mol. The predicted octanol–water partition coefficient (Wildman–Crippen LogP) is 2.93. The minimum absolute atomic E-state index is 0.176. The molecular formula is C23H28N2O5. The largest absolute Gasteiger partial charge is 0.490 e. The third kappa shape index (κ3) is 3.47. The van der Waals surface area contributed by atoms with Crippen molar-refractivity contribution in [2.45, 2.75) is 46.2 Å². The van der Waals surface area contributed by atoms with E-state index in [4.69, 9.17) is 14.2 Å². The number of aromatic nitrogens is 1. The Bertz CT molecular complexity index is 1040. The van der Waals surface area contributed by atoms with E-state index in [1.807, 2.05) is 10.7 Å². The Kier molecular flexibility index (Phi) is 5.56. The number of nitrogens with zero attached hydrogens (tertiary/aromatic N) is 2. The van der Waals surface area contributed by atoms with Gasteiger partial charge in [0.2, 0.25) is 0 Å². The number of benzene rings is 1. The highest BCUT2D eigenvalue weighted by molar-refractivity contribution is 5.94. The van der Waals surface area contributed by atoms with Gasteiger partial charge in [-0.25, -0.2) is 0 Å². The highest BCUT2D eigenvalue weighted by atomic mass is 16.5. The fraction of sp³-hybridized carbons (Fsp3) is 0.478. The molecule has 160 valence electrons. The number of hydrogen-bond donors (Lipinski definition) is 0. The molecule has 0 spiro atoms. The minimum atomic E-state index is -0.252. The highest BCUT2D eigenvalue weighted by Crippen LogP contribution is 2.46. The summed E-state index contributed by atoms with van der Waals surface area (Å²) in [4.78, 5) is 24.6. The zero-order valence-corrected chi connectivity index (χ0v) is 18.0. The first-order chi connectivity index (χ1) is 14.4. The van der Waals surface area contributed by atoms with Crippen LogP contribution in [0.5, 0.6) is 11.5 Å². The van der Waals surface area contributed by atoms with Crippen molar-refractivity contribution >= 4 is 5.78 Å². The zero-order chi connectivity index (χ0) is 21.4. The van der Waals surface area contributed by atoms with Crippen molar-refractivity contribution in [1.29, 1.82) is 0 Å². The van der Waals surface area contributed by atoms with Gasteiger partial charge >= 0.3 is 0 Å². The van der Waals surface area contributed by atoms with Gasteiger partial charge in [-0.1, -0.05) is 0 Å². The molecule has 30 heavy (non-hydrogen) atoms. The number of fused-ring (bicyclic) bond motifs is 5. The Morgan fingerprint density at radius 2 is 2.07 bits per heavy atom.